The third-order valence-corrected chi connectivity index (χ3v) is 3.69. The Labute approximate surface area is 151 Å². The Morgan fingerprint density at radius 1 is 1.08 bits per heavy atom. The summed E-state index contributed by atoms with van der Waals surface area (Å²) in [5, 5.41) is 10.4. The normalized spacial score (nSPS) is 9.58. The molecule has 0 bridgehead atoms. The summed E-state index contributed by atoms with van der Waals surface area (Å²) in [6.07, 6.45) is 0.710. The van der Waals surface area contributed by atoms with E-state index in [-0.39, 0.29) is 10.7 Å². The Balaban J connectivity index is 0.000000243. The van der Waals surface area contributed by atoms with Crippen molar-refractivity contribution in [2.75, 3.05) is 0 Å². The third kappa shape index (κ3) is 6.02. The minimum atomic E-state index is -0.471. The van der Waals surface area contributed by atoms with Crippen LogP contribution in [-0.4, -0.2) is 14.9 Å². The van der Waals surface area contributed by atoms with E-state index in [0.717, 1.165) is 5.56 Å². The lowest BCUT2D eigenvalue weighted by Crippen LogP contribution is -2.11. The van der Waals surface area contributed by atoms with E-state index in [4.69, 9.17) is 35.9 Å². The van der Waals surface area contributed by atoms with Gasteiger partial charge in [0, 0.05) is 24.1 Å². The summed E-state index contributed by atoms with van der Waals surface area (Å²) in [7, 11) is 0. The summed E-state index contributed by atoms with van der Waals surface area (Å²) in [5.74, 6) is 0. The van der Waals surface area contributed by atoms with Crippen LogP contribution in [0.1, 0.15) is 22.3 Å². The van der Waals surface area contributed by atoms with Crippen LogP contribution in [0, 0.1) is 24.0 Å². The highest BCUT2D eigenvalue weighted by molar-refractivity contribution is 7.80. The quantitative estimate of drug-likeness (QED) is 0.492. The van der Waals surface area contributed by atoms with Crippen molar-refractivity contribution in [3.8, 4) is 0 Å². The molecule has 24 heavy (non-hydrogen) atoms. The van der Waals surface area contributed by atoms with Crippen LogP contribution in [0.4, 0.5) is 5.69 Å². The molecule has 0 heterocycles. The Kier molecular flexibility index (Phi) is 7.41. The van der Waals surface area contributed by atoms with Crippen molar-refractivity contribution in [2.45, 2.75) is 20.3 Å². The van der Waals surface area contributed by atoms with Gasteiger partial charge in [-0.25, -0.2) is 0 Å². The maximum Gasteiger partial charge on any atom is 0.270 e. The molecule has 126 valence electrons. The summed E-state index contributed by atoms with van der Waals surface area (Å²) >= 11 is 9.57. The second kappa shape index (κ2) is 9.05. The van der Waals surface area contributed by atoms with Gasteiger partial charge in [0.2, 0.25) is 0 Å². The zero-order valence-electron chi connectivity index (χ0n) is 13.5. The lowest BCUT2D eigenvalue weighted by Gasteiger charge is -2.02. The smallest absolute Gasteiger partial charge is 0.270 e. The fraction of sp³-hybridized carbons (Fsp3) is 0.176. The van der Waals surface area contributed by atoms with E-state index in [0.29, 0.717) is 17.0 Å². The second-order valence-corrected chi connectivity index (χ2v) is 6.15. The van der Waals surface area contributed by atoms with E-state index in [1.807, 2.05) is 12.1 Å². The van der Waals surface area contributed by atoms with E-state index < -0.39 is 4.92 Å². The lowest BCUT2D eigenvalue weighted by atomic mass is 10.1. The highest BCUT2D eigenvalue weighted by Crippen LogP contribution is 2.16. The van der Waals surface area contributed by atoms with Crippen molar-refractivity contribution >= 4 is 40.1 Å². The molecule has 0 aliphatic heterocycles. The average molecular weight is 361 g/mol. The van der Waals surface area contributed by atoms with Gasteiger partial charge in [0.1, 0.15) is 4.99 Å². The Hall–Kier alpha value is -2.38. The number of nitro groups is 1. The van der Waals surface area contributed by atoms with E-state index in [9.17, 15) is 10.1 Å². The molecular weight excluding hydrogens is 342 g/mol. The molecule has 4 N–H and O–H groups in total. The van der Waals surface area contributed by atoms with Crippen LogP contribution in [0.3, 0.4) is 0 Å². The predicted octanol–water partition coefficient (Wildman–Crippen LogP) is 3.36. The van der Waals surface area contributed by atoms with Crippen LogP contribution in [0.25, 0.3) is 0 Å². The minimum Gasteiger partial charge on any atom is -0.393 e. The molecule has 2 rings (SSSR count). The van der Waals surface area contributed by atoms with Crippen molar-refractivity contribution in [1.29, 1.82) is 0 Å². The average Bonchev–Trinajstić information content (AvgIpc) is 2.49. The zero-order chi connectivity index (χ0) is 18.3. The predicted molar refractivity (Wildman–Crippen MR) is 105 cm³/mol. The van der Waals surface area contributed by atoms with Crippen LogP contribution in [0.2, 0.25) is 0 Å². The first-order valence-corrected chi connectivity index (χ1v) is 7.91. The number of benzene rings is 2. The molecule has 0 saturated carbocycles. The van der Waals surface area contributed by atoms with E-state index >= 15 is 0 Å². The van der Waals surface area contributed by atoms with E-state index in [2.05, 4.69) is 19.1 Å². The Morgan fingerprint density at radius 2 is 1.71 bits per heavy atom. The number of hydrogen-bond donors (Lipinski definition) is 2. The van der Waals surface area contributed by atoms with E-state index in [1.54, 1.807) is 13.0 Å². The SMILES string of the molecule is Cc1ccc([N+](=O)[O-])cc1C(N)=S.Cc1ccccc1CC(N)=S. The molecule has 0 atom stereocenters. The largest absolute Gasteiger partial charge is 0.393 e. The first kappa shape index (κ1) is 19.7. The summed E-state index contributed by atoms with van der Waals surface area (Å²) in [4.78, 5) is 10.7. The number of rotatable bonds is 4. The fourth-order valence-corrected chi connectivity index (χ4v) is 2.36. The molecule has 0 amide bonds. The maximum atomic E-state index is 10.4. The molecule has 0 saturated heterocycles. The molecule has 0 fully saturated rings. The number of nitrogens with zero attached hydrogens (tertiary/aromatic N) is 1. The summed E-state index contributed by atoms with van der Waals surface area (Å²) in [6.45, 7) is 3.87. The van der Waals surface area contributed by atoms with Crippen molar-refractivity contribution in [1.82, 2.24) is 0 Å². The highest BCUT2D eigenvalue weighted by Gasteiger charge is 2.09. The number of thiocarbonyl (C=S) groups is 2. The molecular formula is C17H19N3O2S2. The van der Waals surface area contributed by atoms with E-state index in [1.165, 1.54) is 23.3 Å². The molecule has 0 aromatic heterocycles. The Bertz CT molecular complexity index is 776. The molecule has 0 unspecified atom stereocenters. The van der Waals surface area contributed by atoms with Gasteiger partial charge in [-0.05, 0) is 30.5 Å². The van der Waals surface area contributed by atoms with Crippen molar-refractivity contribution < 1.29 is 4.92 Å². The van der Waals surface area contributed by atoms with Crippen molar-refractivity contribution in [3.05, 3.63) is 74.8 Å². The van der Waals surface area contributed by atoms with Crippen LogP contribution >= 0.6 is 24.4 Å². The van der Waals surface area contributed by atoms with Gasteiger partial charge in [-0.3, -0.25) is 10.1 Å². The van der Waals surface area contributed by atoms with Gasteiger partial charge in [0.25, 0.3) is 5.69 Å². The molecule has 0 spiro atoms. The number of nitrogens with two attached hydrogens (primary N) is 2. The zero-order valence-corrected chi connectivity index (χ0v) is 15.1. The number of non-ortho nitro benzene ring substituents is 1. The minimum absolute atomic E-state index is 0.00778. The van der Waals surface area contributed by atoms with Crippen LogP contribution in [0.15, 0.2) is 42.5 Å². The highest BCUT2D eigenvalue weighted by atomic mass is 32.1. The molecule has 5 nitrogen and oxygen atoms in total. The lowest BCUT2D eigenvalue weighted by molar-refractivity contribution is -0.384. The van der Waals surface area contributed by atoms with Crippen LogP contribution in [-0.2, 0) is 6.42 Å². The standard InChI is InChI=1S/C9H11NS.C8H8N2O2S/c1-7-4-2-3-5-8(7)6-9(10)11;1-5-2-3-6(10(11)12)4-7(5)8(9)13/h2-5H,6H2,1H3,(H2,10,11);2-4H,1H3,(H2,9,13). The summed E-state index contributed by atoms with van der Waals surface area (Å²) in [5.41, 5.74) is 14.7. The molecule has 0 aliphatic rings. The molecule has 0 aliphatic carbocycles. The first-order valence-electron chi connectivity index (χ1n) is 7.10. The van der Waals surface area contributed by atoms with Gasteiger partial charge in [0.05, 0.1) is 9.91 Å². The van der Waals surface area contributed by atoms with Crippen molar-refractivity contribution in [3.63, 3.8) is 0 Å². The van der Waals surface area contributed by atoms with Gasteiger partial charge in [0.15, 0.2) is 0 Å². The first-order chi connectivity index (χ1) is 11.2. The Morgan fingerprint density at radius 3 is 2.21 bits per heavy atom. The van der Waals surface area contributed by atoms with Crippen LogP contribution in [0.5, 0.6) is 0 Å². The van der Waals surface area contributed by atoms with Crippen molar-refractivity contribution in [2.24, 2.45) is 11.5 Å². The van der Waals surface area contributed by atoms with Gasteiger partial charge in [-0.15, -0.1) is 0 Å². The molecule has 2 aromatic rings. The monoisotopic (exact) mass is 361 g/mol. The van der Waals surface area contributed by atoms with Gasteiger partial charge in [-0.2, -0.15) is 0 Å². The van der Waals surface area contributed by atoms with Gasteiger partial charge >= 0.3 is 0 Å². The topological polar surface area (TPSA) is 95.2 Å². The number of aryl methyl sites for hydroxylation is 2. The maximum absolute atomic E-state index is 10.4. The second-order valence-electron chi connectivity index (χ2n) is 5.19. The molecule has 2 aromatic carbocycles. The van der Waals surface area contributed by atoms with Crippen LogP contribution < -0.4 is 11.5 Å². The van der Waals surface area contributed by atoms with Gasteiger partial charge in [-0.1, -0.05) is 54.8 Å². The fourth-order valence-electron chi connectivity index (χ4n) is 1.99. The third-order valence-electron chi connectivity index (χ3n) is 3.32. The number of hydrogen-bond acceptors (Lipinski definition) is 4. The number of nitro benzene ring substituents is 1. The summed E-state index contributed by atoms with van der Waals surface area (Å²) < 4.78 is 0. The van der Waals surface area contributed by atoms with Gasteiger partial charge < -0.3 is 11.5 Å². The molecule has 7 heteroatoms. The molecule has 0 radical (unpaired) electrons. The summed E-state index contributed by atoms with van der Waals surface area (Å²) in [6, 6.07) is 12.6.